The van der Waals surface area contributed by atoms with Crippen LogP contribution in [0.5, 0.6) is 0 Å². The van der Waals surface area contributed by atoms with Gasteiger partial charge in [0, 0.05) is 12.3 Å². The van der Waals surface area contributed by atoms with Gasteiger partial charge in [0.2, 0.25) is 0 Å². The second kappa shape index (κ2) is 2.56. The molecule has 3 atom stereocenters. The second-order valence-corrected chi connectivity index (χ2v) is 4.66. The molecule has 13 heavy (non-hydrogen) atoms. The number of carboxylic acids is 1. The first kappa shape index (κ1) is 8.73. The van der Waals surface area contributed by atoms with Gasteiger partial charge >= 0.3 is 5.97 Å². The van der Waals surface area contributed by atoms with Crippen LogP contribution in [-0.4, -0.2) is 16.9 Å². The lowest BCUT2D eigenvalue weighted by Crippen LogP contribution is -2.48. The standard InChI is InChI=1S/C10H14O3/c1-10-3-2-6(8(11)5-10)4-7(10)9(12)13/h6-7H,2-5H2,1H3,(H,12,13)/t6-,7+,10-/m0/s1. The number of carbonyl (C=O) groups excluding carboxylic acids is 1. The van der Waals surface area contributed by atoms with Crippen molar-refractivity contribution in [3.63, 3.8) is 0 Å². The summed E-state index contributed by atoms with van der Waals surface area (Å²) in [4.78, 5) is 22.4. The molecule has 3 aliphatic rings. The Hall–Kier alpha value is -0.860. The zero-order valence-electron chi connectivity index (χ0n) is 7.75. The minimum absolute atomic E-state index is 0.0444. The molecular weight excluding hydrogens is 168 g/mol. The molecule has 0 amide bonds. The predicted molar refractivity (Wildman–Crippen MR) is 46.2 cm³/mol. The molecule has 0 aromatic carbocycles. The van der Waals surface area contributed by atoms with Crippen LogP contribution in [0.25, 0.3) is 0 Å². The van der Waals surface area contributed by atoms with Crippen LogP contribution in [0.4, 0.5) is 0 Å². The van der Waals surface area contributed by atoms with Crippen molar-refractivity contribution in [3.05, 3.63) is 0 Å². The zero-order chi connectivity index (χ0) is 9.64. The molecule has 0 aliphatic heterocycles. The van der Waals surface area contributed by atoms with E-state index in [2.05, 4.69) is 0 Å². The van der Waals surface area contributed by atoms with E-state index in [1.807, 2.05) is 6.92 Å². The van der Waals surface area contributed by atoms with Gasteiger partial charge in [-0.05, 0) is 24.7 Å². The molecular formula is C10H14O3. The summed E-state index contributed by atoms with van der Waals surface area (Å²) in [5.74, 6) is -0.683. The number of carbonyl (C=O) groups is 2. The summed E-state index contributed by atoms with van der Waals surface area (Å²) in [6.07, 6.45) is 2.86. The van der Waals surface area contributed by atoms with Crippen LogP contribution in [0, 0.1) is 17.3 Å². The van der Waals surface area contributed by atoms with Crippen molar-refractivity contribution in [2.75, 3.05) is 0 Å². The number of hydrogen-bond acceptors (Lipinski definition) is 2. The Morgan fingerprint density at radius 1 is 1.62 bits per heavy atom. The van der Waals surface area contributed by atoms with E-state index in [4.69, 9.17) is 5.11 Å². The second-order valence-electron chi connectivity index (χ2n) is 4.66. The van der Waals surface area contributed by atoms with Gasteiger partial charge in [-0.1, -0.05) is 6.92 Å². The molecule has 0 unspecified atom stereocenters. The van der Waals surface area contributed by atoms with Crippen LogP contribution in [0.2, 0.25) is 0 Å². The fourth-order valence-corrected chi connectivity index (χ4v) is 2.81. The van der Waals surface area contributed by atoms with Crippen LogP contribution in [-0.2, 0) is 9.59 Å². The molecule has 3 saturated carbocycles. The van der Waals surface area contributed by atoms with E-state index in [0.29, 0.717) is 12.8 Å². The summed E-state index contributed by atoms with van der Waals surface area (Å²) in [5.41, 5.74) is -0.252. The monoisotopic (exact) mass is 182 g/mol. The molecule has 1 N–H and O–H groups in total. The van der Waals surface area contributed by atoms with E-state index in [1.165, 1.54) is 0 Å². The van der Waals surface area contributed by atoms with Crippen molar-refractivity contribution in [1.82, 2.24) is 0 Å². The highest BCUT2D eigenvalue weighted by Crippen LogP contribution is 2.51. The maximum Gasteiger partial charge on any atom is 0.307 e. The highest BCUT2D eigenvalue weighted by atomic mass is 16.4. The lowest BCUT2D eigenvalue weighted by molar-refractivity contribution is -0.157. The Labute approximate surface area is 77.1 Å². The van der Waals surface area contributed by atoms with Gasteiger partial charge in [-0.2, -0.15) is 0 Å². The van der Waals surface area contributed by atoms with Gasteiger partial charge in [-0.3, -0.25) is 9.59 Å². The van der Waals surface area contributed by atoms with Crippen LogP contribution >= 0.6 is 0 Å². The Kier molecular flexibility index (Phi) is 1.72. The van der Waals surface area contributed by atoms with Crippen molar-refractivity contribution >= 4 is 11.8 Å². The summed E-state index contributed by atoms with van der Waals surface area (Å²) in [7, 11) is 0. The number of aliphatic carboxylic acids is 1. The third-order valence-corrected chi connectivity index (χ3v) is 3.76. The van der Waals surface area contributed by atoms with Crippen molar-refractivity contribution in [2.45, 2.75) is 32.6 Å². The molecule has 0 radical (unpaired) electrons. The van der Waals surface area contributed by atoms with Crippen molar-refractivity contribution in [1.29, 1.82) is 0 Å². The van der Waals surface area contributed by atoms with Crippen LogP contribution in [0.15, 0.2) is 0 Å². The van der Waals surface area contributed by atoms with Crippen LogP contribution in [0.1, 0.15) is 32.6 Å². The van der Waals surface area contributed by atoms with Gasteiger partial charge in [0.25, 0.3) is 0 Å². The summed E-state index contributed by atoms with van der Waals surface area (Å²) in [6, 6.07) is 0. The summed E-state index contributed by atoms with van der Waals surface area (Å²) in [6.45, 7) is 1.94. The van der Waals surface area contributed by atoms with E-state index in [0.717, 1.165) is 12.8 Å². The fraction of sp³-hybridized carbons (Fsp3) is 0.800. The van der Waals surface area contributed by atoms with Gasteiger partial charge in [0.15, 0.2) is 0 Å². The molecule has 0 spiro atoms. The highest BCUT2D eigenvalue weighted by molar-refractivity contribution is 5.86. The lowest BCUT2D eigenvalue weighted by Gasteiger charge is -2.47. The summed E-state index contributed by atoms with van der Waals surface area (Å²) < 4.78 is 0. The van der Waals surface area contributed by atoms with E-state index in [-0.39, 0.29) is 23.0 Å². The maximum absolute atomic E-state index is 11.4. The third-order valence-electron chi connectivity index (χ3n) is 3.76. The quantitative estimate of drug-likeness (QED) is 0.668. The Balaban J connectivity index is 2.28. The van der Waals surface area contributed by atoms with Gasteiger partial charge in [-0.15, -0.1) is 0 Å². The van der Waals surface area contributed by atoms with E-state index in [1.54, 1.807) is 0 Å². The normalized spacial score (nSPS) is 43.6. The van der Waals surface area contributed by atoms with Crippen LogP contribution < -0.4 is 0 Å². The fourth-order valence-electron chi connectivity index (χ4n) is 2.81. The molecule has 0 saturated heterocycles. The van der Waals surface area contributed by atoms with Crippen molar-refractivity contribution in [3.8, 4) is 0 Å². The Morgan fingerprint density at radius 2 is 2.31 bits per heavy atom. The number of rotatable bonds is 1. The minimum Gasteiger partial charge on any atom is -0.481 e. The van der Waals surface area contributed by atoms with Gasteiger partial charge < -0.3 is 5.11 Å². The summed E-state index contributed by atoms with van der Waals surface area (Å²) >= 11 is 0. The molecule has 3 nitrogen and oxygen atoms in total. The molecule has 72 valence electrons. The van der Waals surface area contributed by atoms with Crippen LogP contribution in [0.3, 0.4) is 0 Å². The van der Waals surface area contributed by atoms with Gasteiger partial charge in [0.1, 0.15) is 5.78 Å². The molecule has 3 rings (SSSR count). The molecule has 3 fully saturated rings. The predicted octanol–water partition coefficient (Wildman–Crippen LogP) is 1.47. The smallest absolute Gasteiger partial charge is 0.307 e. The largest absolute Gasteiger partial charge is 0.481 e. The average Bonchev–Trinajstić information content (AvgIpc) is 2.02. The van der Waals surface area contributed by atoms with Crippen molar-refractivity contribution in [2.24, 2.45) is 17.3 Å². The molecule has 3 heteroatoms. The number of Topliss-reactive ketones (excluding diaryl/α,β-unsaturated/α-hetero) is 1. The maximum atomic E-state index is 11.4. The zero-order valence-corrected chi connectivity index (χ0v) is 7.75. The SMILES string of the molecule is C[C@@]12CC[C@@H](C[C@@H]1C(=O)O)C(=O)C2. The van der Waals surface area contributed by atoms with E-state index >= 15 is 0 Å². The lowest BCUT2D eigenvalue weighted by atomic mass is 9.55. The van der Waals surface area contributed by atoms with E-state index < -0.39 is 5.97 Å². The molecule has 2 bridgehead atoms. The first-order valence-corrected chi connectivity index (χ1v) is 4.78. The molecule has 0 aromatic heterocycles. The molecule has 0 heterocycles. The van der Waals surface area contributed by atoms with Crippen molar-refractivity contribution < 1.29 is 14.7 Å². The molecule has 3 aliphatic carbocycles. The minimum atomic E-state index is -0.722. The van der Waals surface area contributed by atoms with Gasteiger partial charge in [-0.25, -0.2) is 0 Å². The third kappa shape index (κ3) is 1.18. The number of carboxylic acid groups (broad SMARTS) is 1. The summed E-state index contributed by atoms with van der Waals surface area (Å²) in [5, 5.41) is 9.00. The number of ketones is 1. The number of fused-ring (bicyclic) bond motifs is 3. The first-order valence-electron chi connectivity index (χ1n) is 4.78. The highest BCUT2D eigenvalue weighted by Gasteiger charge is 2.51. The average molecular weight is 182 g/mol. The number of hydrogen-bond donors (Lipinski definition) is 1. The Bertz CT molecular complexity index is 271. The van der Waals surface area contributed by atoms with Gasteiger partial charge in [0.05, 0.1) is 5.92 Å². The molecule has 0 aromatic rings. The first-order chi connectivity index (χ1) is 6.03. The Morgan fingerprint density at radius 3 is 2.77 bits per heavy atom. The van der Waals surface area contributed by atoms with E-state index in [9.17, 15) is 9.59 Å². The topological polar surface area (TPSA) is 54.4 Å².